The fourth-order valence-corrected chi connectivity index (χ4v) is 2.41. The largest absolute Gasteiger partial charge is 0.285 e. The van der Waals surface area contributed by atoms with Gasteiger partial charge in [0.05, 0.1) is 17.1 Å². The number of aromatic nitrogens is 3. The first kappa shape index (κ1) is 12.1. The summed E-state index contributed by atoms with van der Waals surface area (Å²) >= 11 is 0. The summed E-state index contributed by atoms with van der Waals surface area (Å²) in [4.78, 5) is 4.45. The lowest BCUT2D eigenvalue weighted by atomic mass is 10.1. The van der Waals surface area contributed by atoms with E-state index in [9.17, 15) is 0 Å². The van der Waals surface area contributed by atoms with Gasteiger partial charge < -0.3 is 0 Å². The van der Waals surface area contributed by atoms with Crippen molar-refractivity contribution in [1.29, 1.82) is 0 Å². The lowest BCUT2D eigenvalue weighted by molar-refractivity contribution is 0.586. The number of nitrogens with one attached hydrogen (secondary N) is 1. The number of hydrogen-bond donors (Lipinski definition) is 1. The van der Waals surface area contributed by atoms with Gasteiger partial charge in [0.2, 0.25) is 0 Å². The van der Waals surface area contributed by atoms with Crippen LogP contribution in [0.15, 0.2) is 4.99 Å². The number of aliphatic imine (C=N–C) groups is 1. The van der Waals surface area contributed by atoms with Gasteiger partial charge in [0.25, 0.3) is 0 Å². The molecule has 1 aromatic rings. The summed E-state index contributed by atoms with van der Waals surface area (Å²) in [6.45, 7) is 12.9. The van der Waals surface area contributed by atoms with Crippen LogP contribution in [-0.2, 0) is 0 Å². The van der Waals surface area contributed by atoms with E-state index in [-0.39, 0.29) is 5.54 Å². The zero-order valence-corrected chi connectivity index (χ0v) is 11.4. The molecule has 0 aliphatic heterocycles. The molecule has 1 rings (SSSR count). The summed E-state index contributed by atoms with van der Waals surface area (Å²) < 4.78 is 0. The molecule has 4 nitrogen and oxygen atoms in total. The molecule has 1 aromatic heterocycles. The molecule has 1 N–H and O–H groups in total. The second-order valence-electron chi connectivity index (χ2n) is 5.74. The summed E-state index contributed by atoms with van der Waals surface area (Å²) in [7, 11) is -1.42. The van der Waals surface area contributed by atoms with E-state index in [0.29, 0.717) is 0 Å². The Kier molecular flexibility index (Phi) is 3.13. The first-order valence-electron chi connectivity index (χ1n) is 5.16. The molecule has 0 aromatic carbocycles. The number of H-pyrrole nitrogens is 1. The van der Waals surface area contributed by atoms with Crippen molar-refractivity contribution >= 4 is 19.6 Å². The molecule has 0 radical (unpaired) electrons. The van der Waals surface area contributed by atoms with Crippen molar-refractivity contribution in [3.05, 3.63) is 5.69 Å². The van der Waals surface area contributed by atoms with Crippen LogP contribution in [-0.4, -0.2) is 35.2 Å². The molecule has 15 heavy (non-hydrogen) atoms. The minimum absolute atomic E-state index is 0.0599. The zero-order valence-electron chi connectivity index (χ0n) is 10.4. The summed E-state index contributed by atoms with van der Waals surface area (Å²) in [5.41, 5.74) is 0.833. The minimum atomic E-state index is -1.42. The van der Waals surface area contributed by atoms with Gasteiger partial charge in [0.15, 0.2) is 0 Å². The first-order valence-corrected chi connectivity index (χ1v) is 8.66. The van der Waals surface area contributed by atoms with Crippen LogP contribution < -0.4 is 5.32 Å². The monoisotopic (exact) mass is 224 g/mol. The maximum Gasteiger partial charge on any atom is 0.122 e. The fourth-order valence-electron chi connectivity index (χ4n) is 1.14. The second-order valence-corrected chi connectivity index (χ2v) is 10.7. The molecule has 1 heterocycles. The van der Waals surface area contributed by atoms with Crippen molar-refractivity contribution < 1.29 is 0 Å². The van der Waals surface area contributed by atoms with Crippen molar-refractivity contribution in [3.63, 3.8) is 0 Å². The third-order valence-corrected chi connectivity index (χ3v) is 3.65. The predicted molar refractivity (Wildman–Crippen MR) is 66.7 cm³/mol. The maximum absolute atomic E-state index is 4.45. The van der Waals surface area contributed by atoms with Crippen LogP contribution in [0.4, 0.5) is 0 Å². The van der Waals surface area contributed by atoms with Gasteiger partial charge in [0, 0.05) is 0 Å². The zero-order chi connectivity index (χ0) is 11.7. The summed E-state index contributed by atoms with van der Waals surface area (Å²) in [6, 6.07) is 0. The van der Waals surface area contributed by atoms with E-state index in [0.717, 1.165) is 11.0 Å². The molecule has 0 saturated carbocycles. The Hall–Kier alpha value is -0.973. The van der Waals surface area contributed by atoms with Crippen LogP contribution in [0.25, 0.3) is 0 Å². The highest BCUT2D eigenvalue weighted by molar-refractivity contribution is 6.88. The average Bonchev–Trinajstić information content (AvgIpc) is 2.45. The van der Waals surface area contributed by atoms with Gasteiger partial charge in [-0.15, -0.1) is 0 Å². The van der Waals surface area contributed by atoms with E-state index in [1.807, 2.05) is 6.21 Å². The molecule has 0 spiro atoms. The summed E-state index contributed by atoms with van der Waals surface area (Å²) in [5.74, 6) is 0. The van der Waals surface area contributed by atoms with E-state index < -0.39 is 8.07 Å². The highest BCUT2D eigenvalue weighted by Gasteiger charge is 2.23. The lowest BCUT2D eigenvalue weighted by Gasteiger charge is -2.13. The molecule has 0 fully saturated rings. The summed E-state index contributed by atoms with van der Waals surface area (Å²) in [6.07, 6.45) is 1.83. The molecular weight excluding hydrogens is 204 g/mol. The number of hydrogen-bond acceptors (Lipinski definition) is 3. The van der Waals surface area contributed by atoms with Crippen LogP contribution in [0, 0.1) is 0 Å². The van der Waals surface area contributed by atoms with E-state index in [1.165, 1.54) is 0 Å². The topological polar surface area (TPSA) is 53.9 Å². The van der Waals surface area contributed by atoms with Gasteiger partial charge in [-0.05, 0) is 20.8 Å². The SMILES string of the molecule is CC(C)(C)N=Cc1n[nH]nc1[Si](C)(C)C. The minimum Gasteiger partial charge on any atom is -0.285 e. The van der Waals surface area contributed by atoms with Crippen LogP contribution in [0.5, 0.6) is 0 Å². The number of nitrogens with zero attached hydrogens (tertiary/aromatic N) is 3. The Balaban J connectivity index is 2.98. The molecule has 84 valence electrons. The molecule has 0 saturated heterocycles. The van der Waals surface area contributed by atoms with Gasteiger partial charge in [-0.2, -0.15) is 15.4 Å². The Morgan fingerprint density at radius 2 is 1.80 bits per heavy atom. The Morgan fingerprint density at radius 3 is 2.27 bits per heavy atom. The lowest BCUT2D eigenvalue weighted by Crippen LogP contribution is -2.41. The van der Waals surface area contributed by atoms with Crippen molar-refractivity contribution in [1.82, 2.24) is 15.4 Å². The summed E-state index contributed by atoms with van der Waals surface area (Å²) in [5, 5.41) is 12.1. The molecular formula is C10H20N4Si. The molecule has 5 heteroatoms. The molecule has 0 aliphatic rings. The predicted octanol–water partition coefficient (Wildman–Crippen LogP) is 1.57. The molecule has 0 aliphatic carbocycles. The van der Waals surface area contributed by atoms with Crippen molar-refractivity contribution in [3.8, 4) is 0 Å². The van der Waals surface area contributed by atoms with Gasteiger partial charge in [-0.25, -0.2) is 0 Å². The molecule has 0 bridgehead atoms. The van der Waals surface area contributed by atoms with Crippen LogP contribution in [0.1, 0.15) is 26.5 Å². The van der Waals surface area contributed by atoms with Crippen LogP contribution in [0.2, 0.25) is 19.6 Å². The first-order chi connectivity index (χ1) is 6.70. The average molecular weight is 224 g/mol. The smallest absolute Gasteiger partial charge is 0.122 e. The molecule has 0 unspecified atom stereocenters. The van der Waals surface area contributed by atoms with E-state index in [2.05, 4.69) is 60.8 Å². The van der Waals surface area contributed by atoms with E-state index in [4.69, 9.17) is 0 Å². The van der Waals surface area contributed by atoms with Gasteiger partial charge in [0.1, 0.15) is 13.8 Å². The standard InChI is InChI=1S/C10H20N4Si/c1-10(2,3)11-7-8-9(13-14-12-8)15(4,5)6/h7H,1-6H3,(H,12,13,14). The Morgan fingerprint density at radius 1 is 1.20 bits per heavy atom. The highest BCUT2D eigenvalue weighted by Crippen LogP contribution is 2.06. The Labute approximate surface area is 92.2 Å². The second kappa shape index (κ2) is 3.88. The molecule has 0 amide bonds. The molecule has 0 atom stereocenters. The fraction of sp³-hybridized carbons (Fsp3) is 0.700. The van der Waals surface area contributed by atoms with E-state index >= 15 is 0 Å². The number of aromatic amines is 1. The normalized spacial score (nSPS) is 13.7. The van der Waals surface area contributed by atoms with Gasteiger partial charge in [-0.3, -0.25) is 4.99 Å². The maximum atomic E-state index is 4.45. The van der Waals surface area contributed by atoms with Crippen molar-refractivity contribution in [2.24, 2.45) is 4.99 Å². The highest BCUT2D eigenvalue weighted by atomic mass is 28.3. The number of rotatable bonds is 2. The third-order valence-electron chi connectivity index (χ3n) is 1.86. The van der Waals surface area contributed by atoms with Crippen LogP contribution >= 0.6 is 0 Å². The van der Waals surface area contributed by atoms with Gasteiger partial charge in [-0.1, -0.05) is 19.6 Å². The third kappa shape index (κ3) is 3.58. The van der Waals surface area contributed by atoms with Crippen LogP contribution in [0.3, 0.4) is 0 Å². The van der Waals surface area contributed by atoms with Crippen molar-refractivity contribution in [2.75, 3.05) is 0 Å². The van der Waals surface area contributed by atoms with Crippen molar-refractivity contribution in [2.45, 2.75) is 46.0 Å². The quantitative estimate of drug-likeness (QED) is 0.612. The van der Waals surface area contributed by atoms with E-state index in [1.54, 1.807) is 0 Å². The van der Waals surface area contributed by atoms with Gasteiger partial charge >= 0.3 is 0 Å². The Bertz CT molecular complexity index is 354.